The first-order chi connectivity index (χ1) is 13.2. The van der Waals surface area contributed by atoms with Crippen LogP contribution in [0.5, 0.6) is 0 Å². The maximum atomic E-state index is 12.2. The normalized spacial score (nSPS) is 15.5. The highest BCUT2D eigenvalue weighted by Crippen LogP contribution is 2.22. The lowest BCUT2D eigenvalue weighted by molar-refractivity contribution is -0.116. The number of nitrogens with zero attached hydrogens (tertiary/aromatic N) is 2. The number of nitrogens with one attached hydrogen (secondary N) is 3. The van der Waals surface area contributed by atoms with E-state index in [1.807, 2.05) is 24.3 Å². The molecule has 142 valence electrons. The fourth-order valence-electron chi connectivity index (χ4n) is 3.04. The highest BCUT2D eigenvalue weighted by Gasteiger charge is 2.12. The second-order valence-corrected chi connectivity index (χ2v) is 6.42. The van der Waals surface area contributed by atoms with Gasteiger partial charge in [-0.3, -0.25) is 9.69 Å². The van der Waals surface area contributed by atoms with Crippen LogP contribution in [0.25, 0.3) is 16.3 Å². The second-order valence-electron chi connectivity index (χ2n) is 6.42. The first-order valence-electron chi connectivity index (χ1n) is 9.07. The van der Waals surface area contributed by atoms with E-state index in [1.54, 1.807) is 19.4 Å². The Morgan fingerprint density at radius 3 is 2.85 bits per heavy atom. The predicted molar refractivity (Wildman–Crippen MR) is 108 cm³/mol. The highest BCUT2D eigenvalue weighted by atomic mass is 16.5. The van der Waals surface area contributed by atoms with Crippen molar-refractivity contribution in [3.05, 3.63) is 42.2 Å². The Labute approximate surface area is 158 Å². The van der Waals surface area contributed by atoms with Crippen LogP contribution in [0.4, 0.5) is 5.82 Å². The summed E-state index contributed by atoms with van der Waals surface area (Å²) in [5.74, 6) is 0.500. The molecule has 3 N–H and O–H groups in total. The molecular formula is C20H25N5O2. The Morgan fingerprint density at radius 2 is 2.11 bits per heavy atom. The van der Waals surface area contributed by atoms with Crippen molar-refractivity contribution in [2.75, 3.05) is 45.2 Å². The van der Waals surface area contributed by atoms with Crippen molar-refractivity contribution in [1.82, 2.24) is 15.2 Å². The van der Waals surface area contributed by atoms with Crippen molar-refractivity contribution in [2.24, 2.45) is 0 Å². The lowest BCUT2D eigenvalue weighted by Gasteiger charge is -2.26. The summed E-state index contributed by atoms with van der Waals surface area (Å²) in [6.07, 6.45) is 5.28. The van der Waals surface area contributed by atoms with E-state index in [4.69, 9.17) is 10.1 Å². The Kier molecular flexibility index (Phi) is 6.51. The van der Waals surface area contributed by atoms with Gasteiger partial charge in [0.15, 0.2) is 0 Å². The quantitative estimate of drug-likeness (QED) is 0.652. The van der Waals surface area contributed by atoms with Crippen LogP contribution in [0.2, 0.25) is 0 Å². The number of hydrogen-bond donors (Lipinski definition) is 3. The van der Waals surface area contributed by atoms with Crippen molar-refractivity contribution in [2.45, 2.75) is 6.42 Å². The van der Waals surface area contributed by atoms with Crippen molar-refractivity contribution in [1.29, 1.82) is 5.41 Å². The number of rotatable bonds is 7. The minimum absolute atomic E-state index is 0.0419. The molecule has 1 aliphatic heterocycles. The zero-order chi connectivity index (χ0) is 19.1. The van der Waals surface area contributed by atoms with E-state index >= 15 is 0 Å². The van der Waals surface area contributed by atoms with Gasteiger partial charge in [0.05, 0.1) is 13.2 Å². The standard InChI is InChI=1S/C20H25N5O2/c1-22-13-18(12-21)15-2-3-16-14-23-19(11-17(16)10-15)24-20(26)4-5-25-6-8-27-9-7-25/h2-3,10-14,21-22H,4-9H2,1H3,(H,23,24,26)/b18-13+,21-12?. The molecule has 7 nitrogen and oxygen atoms in total. The van der Waals surface area contributed by atoms with E-state index in [0.29, 0.717) is 12.2 Å². The third-order valence-electron chi connectivity index (χ3n) is 4.54. The summed E-state index contributed by atoms with van der Waals surface area (Å²) < 4.78 is 5.32. The maximum Gasteiger partial charge on any atom is 0.226 e. The molecule has 1 fully saturated rings. The summed E-state index contributed by atoms with van der Waals surface area (Å²) >= 11 is 0. The number of ether oxygens (including phenoxy) is 1. The fraction of sp³-hybridized carbons (Fsp3) is 0.350. The van der Waals surface area contributed by atoms with Crippen molar-refractivity contribution < 1.29 is 9.53 Å². The lowest BCUT2D eigenvalue weighted by Crippen LogP contribution is -2.38. The zero-order valence-corrected chi connectivity index (χ0v) is 15.5. The number of pyridine rings is 1. The molecule has 2 heterocycles. The Morgan fingerprint density at radius 1 is 1.30 bits per heavy atom. The second kappa shape index (κ2) is 9.25. The van der Waals surface area contributed by atoms with Gasteiger partial charge in [-0.15, -0.1) is 0 Å². The number of amides is 1. The van der Waals surface area contributed by atoms with E-state index in [1.165, 1.54) is 6.21 Å². The first kappa shape index (κ1) is 19.0. The molecule has 0 spiro atoms. The van der Waals surface area contributed by atoms with E-state index in [0.717, 1.165) is 54.8 Å². The fourth-order valence-corrected chi connectivity index (χ4v) is 3.04. The number of fused-ring (bicyclic) bond motifs is 1. The molecule has 0 saturated carbocycles. The zero-order valence-electron chi connectivity index (χ0n) is 15.5. The van der Waals surface area contributed by atoms with Gasteiger partial charge in [-0.1, -0.05) is 12.1 Å². The Balaban J connectivity index is 1.68. The molecule has 1 aromatic carbocycles. The summed E-state index contributed by atoms with van der Waals surface area (Å²) in [5, 5.41) is 15.3. The molecular weight excluding hydrogens is 342 g/mol. The lowest BCUT2D eigenvalue weighted by atomic mass is 10.0. The van der Waals surface area contributed by atoms with Crippen LogP contribution in [0, 0.1) is 5.41 Å². The van der Waals surface area contributed by atoms with Gasteiger partial charge in [0, 0.05) is 62.7 Å². The number of aromatic nitrogens is 1. The predicted octanol–water partition coefficient (Wildman–Crippen LogP) is 2.11. The van der Waals surface area contributed by atoms with E-state index < -0.39 is 0 Å². The van der Waals surface area contributed by atoms with Crippen LogP contribution in [-0.4, -0.2) is 61.9 Å². The minimum Gasteiger partial charge on any atom is -0.393 e. The summed E-state index contributed by atoms with van der Waals surface area (Å²) in [7, 11) is 1.80. The summed E-state index contributed by atoms with van der Waals surface area (Å²) in [6.45, 7) is 3.94. The third-order valence-corrected chi connectivity index (χ3v) is 4.54. The number of allylic oxidation sites excluding steroid dienone is 1. The van der Waals surface area contributed by atoms with E-state index in [9.17, 15) is 4.79 Å². The number of anilines is 1. The van der Waals surface area contributed by atoms with Crippen molar-refractivity contribution >= 4 is 34.3 Å². The van der Waals surface area contributed by atoms with Gasteiger partial charge in [-0.25, -0.2) is 4.98 Å². The largest absolute Gasteiger partial charge is 0.393 e. The number of morpholine rings is 1. The third kappa shape index (κ3) is 5.12. The number of benzene rings is 1. The van der Waals surface area contributed by atoms with Crippen LogP contribution in [0.15, 0.2) is 36.7 Å². The molecule has 1 amide bonds. The van der Waals surface area contributed by atoms with Gasteiger partial charge in [0.2, 0.25) is 5.91 Å². The molecule has 2 aromatic rings. The monoisotopic (exact) mass is 367 g/mol. The van der Waals surface area contributed by atoms with E-state index in [2.05, 4.69) is 20.5 Å². The molecule has 0 atom stereocenters. The molecule has 1 aliphatic rings. The molecule has 7 heteroatoms. The first-order valence-corrected chi connectivity index (χ1v) is 9.07. The van der Waals surface area contributed by atoms with E-state index in [-0.39, 0.29) is 5.91 Å². The van der Waals surface area contributed by atoms with Crippen molar-refractivity contribution in [3.63, 3.8) is 0 Å². The smallest absolute Gasteiger partial charge is 0.226 e. The highest BCUT2D eigenvalue weighted by molar-refractivity contribution is 6.09. The molecule has 0 bridgehead atoms. The van der Waals surface area contributed by atoms with Crippen LogP contribution < -0.4 is 10.6 Å². The topological polar surface area (TPSA) is 90.3 Å². The molecule has 0 radical (unpaired) electrons. The van der Waals surface area contributed by atoms with Crippen LogP contribution in [-0.2, 0) is 9.53 Å². The molecule has 0 aliphatic carbocycles. The molecule has 1 aromatic heterocycles. The van der Waals surface area contributed by atoms with Gasteiger partial charge in [-0.2, -0.15) is 0 Å². The average molecular weight is 367 g/mol. The van der Waals surface area contributed by atoms with Gasteiger partial charge in [0.25, 0.3) is 0 Å². The Bertz CT molecular complexity index is 843. The molecule has 1 saturated heterocycles. The number of carbonyl (C=O) groups excluding carboxylic acids is 1. The van der Waals surface area contributed by atoms with Crippen LogP contribution in [0.1, 0.15) is 12.0 Å². The molecule has 0 unspecified atom stereocenters. The van der Waals surface area contributed by atoms with Crippen molar-refractivity contribution in [3.8, 4) is 0 Å². The summed E-state index contributed by atoms with van der Waals surface area (Å²) in [4.78, 5) is 18.8. The number of carbonyl (C=O) groups is 1. The summed E-state index contributed by atoms with van der Waals surface area (Å²) in [6, 6.07) is 7.79. The van der Waals surface area contributed by atoms with Crippen LogP contribution >= 0.6 is 0 Å². The Hall–Kier alpha value is -2.77. The molecule has 3 rings (SSSR count). The summed E-state index contributed by atoms with van der Waals surface area (Å²) in [5.41, 5.74) is 1.72. The van der Waals surface area contributed by atoms with Gasteiger partial charge < -0.3 is 20.8 Å². The molecule has 27 heavy (non-hydrogen) atoms. The maximum absolute atomic E-state index is 12.2. The van der Waals surface area contributed by atoms with Gasteiger partial charge >= 0.3 is 0 Å². The average Bonchev–Trinajstić information content (AvgIpc) is 2.71. The number of hydrogen-bond acceptors (Lipinski definition) is 6. The minimum atomic E-state index is -0.0419. The SMILES string of the molecule is CN/C=C(\C=N)c1ccc2cnc(NC(=O)CCN3CCOCC3)cc2c1. The van der Waals surface area contributed by atoms with Gasteiger partial charge in [0.1, 0.15) is 5.82 Å². The van der Waals surface area contributed by atoms with Gasteiger partial charge in [-0.05, 0) is 23.1 Å². The van der Waals surface area contributed by atoms with Crippen LogP contribution in [0.3, 0.4) is 0 Å².